The van der Waals surface area contributed by atoms with Crippen molar-refractivity contribution in [2.75, 3.05) is 55.4 Å². The number of anilines is 2. The van der Waals surface area contributed by atoms with Crippen molar-refractivity contribution in [3.63, 3.8) is 0 Å². The number of sulfone groups is 1. The molecule has 1 aliphatic rings. The molecular formula is C29H32F2N6O3S. The highest BCUT2D eigenvalue weighted by atomic mass is 32.2. The summed E-state index contributed by atoms with van der Waals surface area (Å²) in [6.07, 6.45) is 1.42. The molecule has 9 nitrogen and oxygen atoms in total. The van der Waals surface area contributed by atoms with E-state index in [1.807, 2.05) is 12.1 Å². The largest absolute Gasteiger partial charge is 0.383 e. The third-order valence-corrected chi connectivity index (χ3v) is 8.74. The van der Waals surface area contributed by atoms with Crippen LogP contribution in [0.3, 0.4) is 0 Å². The second-order valence-corrected chi connectivity index (χ2v) is 12.5. The van der Waals surface area contributed by atoms with E-state index in [4.69, 9.17) is 0 Å². The molecule has 0 bridgehead atoms. The van der Waals surface area contributed by atoms with Gasteiger partial charge in [0, 0.05) is 44.2 Å². The van der Waals surface area contributed by atoms with Gasteiger partial charge < -0.3 is 15.1 Å². The van der Waals surface area contributed by atoms with E-state index >= 15 is 0 Å². The Morgan fingerprint density at radius 3 is 2.37 bits per heavy atom. The summed E-state index contributed by atoms with van der Waals surface area (Å²) in [4.78, 5) is 18.8. The molecule has 0 spiro atoms. The lowest BCUT2D eigenvalue weighted by atomic mass is 10.1. The molecule has 0 unspecified atom stereocenters. The normalized spacial score (nSPS) is 14.5. The maximum atomic E-state index is 13.7. The molecule has 1 aromatic heterocycles. The highest BCUT2D eigenvalue weighted by Gasteiger charge is 2.25. The lowest BCUT2D eigenvalue weighted by Crippen LogP contribution is -2.45. The maximum absolute atomic E-state index is 13.7. The number of nitrogens with zero attached hydrogens (tertiary/aromatic N) is 4. The lowest BCUT2D eigenvalue weighted by Gasteiger charge is -2.36. The van der Waals surface area contributed by atoms with Gasteiger partial charge >= 0.3 is 0 Å². The summed E-state index contributed by atoms with van der Waals surface area (Å²) in [7, 11) is -2.12. The van der Waals surface area contributed by atoms with Gasteiger partial charge in [0.25, 0.3) is 5.91 Å². The van der Waals surface area contributed by atoms with Gasteiger partial charge in [-0.1, -0.05) is 19.9 Å². The third-order valence-electron chi connectivity index (χ3n) is 7.00. The van der Waals surface area contributed by atoms with Crippen LogP contribution < -0.4 is 15.6 Å². The second-order valence-electron chi connectivity index (χ2n) is 10.6. The van der Waals surface area contributed by atoms with Crippen LogP contribution in [-0.2, 0) is 9.84 Å². The predicted octanol–water partition coefficient (Wildman–Crippen LogP) is 4.35. The number of piperazine rings is 1. The molecule has 0 aliphatic carbocycles. The minimum absolute atomic E-state index is 0.151. The molecule has 41 heavy (non-hydrogen) atoms. The number of rotatable bonds is 8. The summed E-state index contributed by atoms with van der Waals surface area (Å²) < 4.78 is 53.5. The molecule has 2 N–H and O–H groups in total. The van der Waals surface area contributed by atoms with Crippen LogP contribution in [0.15, 0.2) is 70.6 Å². The number of carbonyl (C=O) groups is 1. The predicted molar refractivity (Wildman–Crippen MR) is 155 cm³/mol. The minimum atomic E-state index is -4.19. The van der Waals surface area contributed by atoms with Crippen LogP contribution in [0, 0.1) is 17.6 Å². The molecule has 216 valence electrons. The standard InChI is InChI=1S/C29H32F2N6O3S/c1-19(2)17-32-26-6-4-5-25(28(26)36-11-9-35(3)10-12-36)29(38)34-37-27-8-7-23(13-20(27)18-33-37)41(39,40)24-15-21(30)14-22(31)16-24/h4-8,13-16,18-19,32H,9-12,17H2,1-3H3,(H,34,38). The maximum Gasteiger partial charge on any atom is 0.273 e. The van der Waals surface area contributed by atoms with E-state index in [1.165, 1.54) is 29.2 Å². The van der Waals surface area contributed by atoms with Crippen molar-refractivity contribution < 1.29 is 22.0 Å². The Kier molecular flexibility index (Phi) is 7.96. The van der Waals surface area contributed by atoms with Crippen molar-refractivity contribution in [3.05, 3.63) is 78.0 Å². The van der Waals surface area contributed by atoms with Crippen molar-refractivity contribution in [3.8, 4) is 0 Å². The van der Waals surface area contributed by atoms with Crippen LogP contribution in [0.2, 0.25) is 0 Å². The van der Waals surface area contributed by atoms with Gasteiger partial charge in [0.1, 0.15) is 11.6 Å². The summed E-state index contributed by atoms with van der Waals surface area (Å²) in [5.74, 6) is -1.93. The molecule has 3 aromatic carbocycles. The van der Waals surface area contributed by atoms with Crippen LogP contribution in [0.5, 0.6) is 0 Å². The Bertz CT molecular complexity index is 1680. The van der Waals surface area contributed by atoms with Crippen molar-refractivity contribution in [1.29, 1.82) is 0 Å². The summed E-state index contributed by atoms with van der Waals surface area (Å²) in [5.41, 5.74) is 5.47. The molecule has 5 rings (SSSR count). The zero-order chi connectivity index (χ0) is 29.3. The zero-order valence-corrected chi connectivity index (χ0v) is 23.9. The van der Waals surface area contributed by atoms with Crippen molar-refractivity contribution in [2.45, 2.75) is 23.6 Å². The highest BCUT2D eigenvalue weighted by molar-refractivity contribution is 7.91. The average molecular weight is 583 g/mol. The molecule has 1 saturated heterocycles. The Hall–Kier alpha value is -4.03. The van der Waals surface area contributed by atoms with Gasteiger partial charge in [-0.15, -0.1) is 0 Å². The number of halogens is 2. The van der Waals surface area contributed by atoms with Gasteiger partial charge in [0.05, 0.1) is 38.4 Å². The molecule has 2 heterocycles. The number of fused-ring (bicyclic) bond motifs is 1. The van der Waals surface area contributed by atoms with Crippen LogP contribution in [0.4, 0.5) is 20.2 Å². The quantitative estimate of drug-likeness (QED) is 0.319. The Balaban J connectivity index is 1.45. The number of carbonyl (C=O) groups excluding carboxylic acids is 1. The third kappa shape index (κ3) is 6.03. The summed E-state index contributed by atoms with van der Waals surface area (Å²) in [5, 5.41) is 8.16. The van der Waals surface area contributed by atoms with Gasteiger partial charge in [-0.3, -0.25) is 4.79 Å². The smallest absolute Gasteiger partial charge is 0.273 e. The SMILES string of the molecule is CC(C)CNc1cccc(C(=O)Nn2ncc3cc(S(=O)(=O)c4cc(F)cc(F)c4)ccc32)c1N1CCN(C)CC1. The number of para-hydroxylation sites is 1. The van der Waals surface area contributed by atoms with Gasteiger partial charge in [0.15, 0.2) is 0 Å². The first-order valence-electron chi connectivity index (χ1n) is 13.3. The minimum Gasteiger partial charge on any atom is -0.383 e. The van der Waals surface area contributed by atoms with E-state index in [0.29, 0.717) is 28.5 Å². The fraction of sp³-hybridized carbons (Fsp3) is 0.310. The first-order chi connectivity index (χ1) is 19.5. The topological polar surface area (TPSA) is 99.6 Å². The number of nitrogens with one attached hydrogen (secondary N) is 2. The van der Waals surface area contributed by atoms with Crippen LogP contribution >= 0.6 is 0 Å². The lowest BCUT2D eigenvalue weighted by molar-refractivity contribution is 0.101. The summed E-state index contributed by atoms with van der Waals surface area (Å²) in [6.45, 7) is 8.28. The Labute approximate surface area is 237 Å². The molecular weight excluding hydrogens is 550 g/mol. The fourth-order valence-corrected chi connectivity index (χ4v) is 6.13. The first kappa shape index (κ1) is 28.5. The van der Waals surface area contributed by atoms with Crippen molar-refractivity contribution >= 4 is 38.0 Å². The average Bonchev–Trinajstić information content (AvgIpc) is 3.33. The summed E-state index contributed by atoms with van der Waals surface area (Å²) in [6, 6.07) is 11.9. The molecule has 0 saturated carbocycles. The number of likely N-dealkylation sites (N-methyl/N-ethyl adjacent to an activating group) is 1. The number of hydrogen-bond acceptors (Lipinski definition) is 7. The van der Waals surface area contributed by atoms with Crippen LogP contribution in [0.25, 0.3) is 10.9 Å². The second kappa shape index (κ2) is 11.5. The van der Waals surface area contributed by atoms with Crippen LogP contribution in [0.1, 0.15) is 24.2 Å². The number of aromatic nitrogens is 2. The monoisotopic (exact) mass is 582 g/mol. The summed E-state index contributed by atoms with van der Waals surface area (Å²) >= 11 is 0. The number of amides is 1. The van der Waals surface area contributed by atoms with Gasteiger partial charge in [0.2, 0.25) is 9.84 Å². The number of benzene rings is 3. The molecule has 1 amide bonds. The molecule has 12 heteroatoms. The van der Waals surface area contributed by atoms with E-state index in [2.05, 4.69) is 46.5 Å². The molecule has 1 aliphatic heterocycles. The molecule has 0 radical (unpaired) electrons. The Morgan fingerprint density at radius 1 is 0.976 bits per heavy atom. The molecule has 4 aromatic rings. The first-order valence-corrected chi connectivity index (χ1v) is 14.8. The highest BCUT2D eigenvalue weighted by Crippen LogP contribution is 2.32. The zero-order valence-electron chi connectivity index (χ0n) is 23.1. The van der Waals surface area contributed by atoms with Gasteiger partial charge in [-0.25, -0.2) is 22.6 Å². The fourth-order valence-electron chi connectivity index (χ4n) is 4.80. The van der Waals surface area contributed by atoms with E-state index in [0.717, 1.165) is 56.2 Å². The van der Waals surface area contributed by atoms with Gasteiger partial charge in [-0.2, -0.15) is 9.89 Å². The van der Waals surface area contributed by atoms with Crippen LogP contribution in [-0.4, -0.2) is 68.9 Å². The van der Waals surface area contributed by atoms with E-state index in [9.17, 15) is 22.0 Å². The molecule has 0 atom stereocenters. The van der Waals surface area contributed by atoms with Crippen molar-refractivity contribution in [2.24, 2.45) is 5.92 Å². The van der Waals surface area contributed by atoms with Crippen molar-refractivity contribution in [1.82, 2.24) is 14.8 Å². The van der Waals surface area contributed by atoms with Gasteiger partial charge in [-0.05, 0) is 55.4 Å². The van der Waals surface area contributed by atoms with E-state index < -0.39 is 26.4 Å². The number of hydrogen-bond donors (Lipinski definition) is 2. The molecule has 1 fully saturated rings. The van der Waals surface area contributed by atoms with E-state index in [-0.39, 0.29) is 10.8 Å². The Morgan fingerprint density at radius 2 is 1.68 bits per heavy atom. The van der Waals surface area contributed by atoms with E-state index in [1.54, 1.807) is 6.07 Å².